The van der Waals surface area contributed by atoms with Gasteiger partial charge in [-0.2, -0.15) is 0 Å². The van der Waals surface area contributed by atoms with E-state index in [9.17, 15) is 0 Å². The fourth-order valence-electron chi connectivity index (χ4n) is 1.83. The van der Waals surface area contributed by atoms with Crippen molar-refractivity contribution in [1.82, 2.24) is 15.4 Å². The van der Waals surface area contributed by atoms with Gasteiger partial charge < -0.3 is 9.47 Å². The lowest BCUT2D eigenvalue weighted by atomic mass is 10.1. The van der Waals surface area contributed by atoms with Gasteiger partial charge >= 0.3 is 0 Å². The lowest BCUT2D eigenvalue weighted by molar-refractivity contribution is -0.0914. The standard InChI is InChI=1S/C11H11N3O2/c1-2-4-9-8(3-1)11(13-14-12-9)10-7-15-5-6-16-10/h1-4,10H,5-7H2. The highest BCUT2D eigenvalue weighted by molar-refractivity contribution is 5.80. The molecule has 1 aromatic heterocycles. The summed E-state index contributed by atoms with van der Waals surface area (Å²) in [7, 11) is 0. The Morgan fingerprint density at radius 2 is 2.06 bits per heavy atom. The summed E-state index contributed by atoms with van der Waals surface area (Å²) in [6, 6.07) is 7.78. The molecule has 0 bridgehead atoms. The van der Waals surface area contributed by atoms with Gasteiger partial charge in [0.1, 0.15) is 11.8 Å². The monoisotopic (exact) mass is 217 g/mol. The number of rotatable bonds is 1. The van der Waals surface area contributed by atoms with E-state index >= 15 is 0 Å². The lowest BCUT2D eigenvalue weighted by Gasteiger charge is -2.22. The second-order valence-electron chi connectivity index (χ2n) is 3.63. The number of hydrogen-bond donors (Lipinski definition) is 0. The first-order chi connectivity index (χ1) is 7.95. The number of ether oxygens (including phenoxy) is 2. The largest absolute Gasteiger partial charge is 0.376 e. The Balaban J connectivity index is 2.08. The molecule has 0 N–H and O–H groups in total. The fourth-order valence-corrected chi connectivity index (χ4v) is 1.83. The van der Waals surface area contributed by atoms with Crippen LogP contribution in [0.2, 0.25) is 0 Å². The third-order valence-electron chi connectivity index (χ3n) is 2.61. The zero-order valence-corrected chi connectivity index (χ0v) is 8.67. The predicted molar refractivity (Wildman–Crippen MR) is 56.8 cm³/mol. The van der Waals surface area contributed by atoms with E-state index in [1.54, 1.807) is 0 Å². The first-order valence-corrected chi connectivity index (χ1v) is 5.22. The minimum atomic E-state index is -0.130. The zero-order valence-electron chi connectivity index (χ0n) is 8.67. The quantitative estimate of drug-likeness (QED) is 0.716. The van der Waals surface area contributed by atoms with E-state index in [4.69, 9.17) is 9.47 Å². The van der Waals surface area contributed by atoms with Crippen molar-refractivity contribution in [3.05, 3.63) is 30.0 Å². The smallest absolute Gasteiger partial charge is 0.125 e. The van der Waals surface area contributed by atoms with Gasteiger partial charge in [-0.3, -0.25) is 0 Å². The van der Waals surface area contributed by atoms with Crippen LogP contribution in [0.5, 0.6) is 0 Å². The van der Waals surface area contributed by atoms with Crippen LogP contribution < -0.4 is 0 Å². The molecule has 1 aliphatic heterocycles. The topological polar surface area (TPSA) is 57.1 Å². The summed E-state index contributed by atoms with van der Waals surface area (Å²) in [5.74, 6) is 0. The summed E-state index contributed by atoms with van der Waals surface area (Å²) in [5, 5.41) is 12.8. The average Bonchev–Trinajstić information content (AvgIpc) is 2.39. The van der Waals surface area contributed by atoms with Crippen LogP contribution in [0.3, 0.4) is 0 Å². The van der Waals surface area contributed by atoms with E-state index in [-0.39, 0.29) is 6.10 Å². The van der Waals surface area contributed by atoms with Gasteiger partial charge in [0, 0.05) is 5.39 Å². The molecule has 1 atom stereocenters. The molecule has 1 aromatic carbocycles. The van der Waals surface area contributed by atoms with E-state index < -0.39 is 0 Å². The highest BCUT2D eigenvalue weighted by atomic mass is 16.6. The van der Waals surface area contributed by atoms with Crippen LogP contribution in [0.4, 0.5) is 0 Å². The first-order valence-electron chi connectivity index (χ1n) is 5.22. The van der Waals surface area contributed by atoms with Crippen molar-refractivity contribution in [2.24, 2.45) is 0 Å². The number of fused-ring (bicyclic) bond motifs is 1. The highest BCUT2D eigenvalue weighted by Gasteiger charge is 2.20. The van der Waals surface area contributed by atoms with Gasteiger partial charge in [-0.1, -0.05) is 18.2 Å². The normalized spacial score (nSPS) is 21.1. The maximum Gasteiger partial charge on any atom is 0.125 e. The fraction of sp³-hybridized carbons (Fsp3) is 0.364. The molecular formula is C11H11N3O2. The molecule has 1 saturated heterocycles. The molecule has 0 radical (unpaired) electrons. The summed E-state index contributed by atoms with van der Waals surface area (Å²) < 4.78 is 11.0. The summed E-state index contributed by atoms with van der Waals surface area (Å²) in [6.45, 7) is 1.78. The molecule has 0 amide bonds. The maximum absolute atomic E-state index is 5.62. The maximum atomic E-state index is 5.62. The Labute approximate surface area is 92.4 Å². The molecule has 82 valence electrons. The Morgan fingerprint density at radius 1 is 1.12 bits per heavy atom. The van der Waals surface area contributed by atoms with Crippen molar-refractivity contribution in [2.75, 3.05) is 19.8 Å². The number of aromatic nitrogens is 3. The number of nitrogens with zero attached hydrogens (tertiary/aromatic N) is 3. The van der Waals surface area contributed by atoms with Crippen LogP contribution in [0.15, 0.2) is 24.3 Å². The van der Waals surface area contributed by atoms with Gasteiger partial charge in [-0.15, -0.1) is 10.2 Å². The van der Waals surface area contributed by atoms with Gasteiger partial charge in [0.05, 0.1) is 25.3 Å². The van der Waals surface area contributed by atoms with Crippen molar-refractivity contribution < 1.29 is 9.47 Å². The van der Waals surface area contributed by atoms with Crippen LogP contribution in [-0.4, -0.2) is 35.2 Å². The molecule has 16 heavy (non-hydrogen) atoms. The van der Waals surface area contributed by atoms with Crippen molar-refractivity contribution in [3.63, 3.8) is 0 Å². The van der Waals surface area contributed by atoms with E-state index in [1.807, 2.05) is 24.3 Å². The van der Waals surface area contributed by atoms with E-state index in [2.05, 4.69) is 15.4 Å². The van der Waals surface area contributed by atoms with E-state index in [0.717, 1.165) is 16.6 Å². The van der Waals surface area contributed by atoms with Crippen molar-refractivity contribution in [1.29, 1.82) is 0 Å². The van der Waals surface area contributed by atoms with Gasteiger partial charge in [0.2, 0.25) is 0 Å². The molecule has 1 unspecified atom stereocenters. The van der Waals surface area contributed by atoms with Crippen LogP contribution in [0.25, 0.3) is 10.9 Å². The Bertz CT molecular complexity index is 492. The number of hydrogen-bond acceptors (Lipinski definition) is 5. The second kappa shape index (κ2) is 4.11. The van der Waals surface area contributed by atoms with Crippen LogP contribution >= 0.6 is 0 Å². The molecule has 0 saturated carbocycles. The molecule has 5 heteroatoms. The Morgan fingerprint density at radius 3 is 2.94 bits per heavy atom. The van der Waals surface area contributed by atoms with Gasteiger partial charge in [-0.25, -0.2) is 0 Å². The highest BCUT2D eigenvalue weighted by Crippen LogP contribution is 2.24. The first kappa shape index (κ1) is 9.62. The molecular weight excluding hydrogens is 206 g/mol. The molecule has 1 aliphatic rings. The van der Waals surface area contributed by atoms with Gasteiger partial charge in [0.15, 0.2) is 0 Å². The van der Waals surface area contributed by atoms with Gasteiger partial charge in [-0.05, 0) is 11.3 Å². The predicted octanol–water partition coefficient (Wildman–Crippen LogP) is 1.11. The molecule has 2 aromatic rings. The summed E-state index contributed by atoms with van der Waals surface area (Å²) in [5.41, 5.74) is 1.65. The van der Waals surface area contributed by atoms with Crippen LogP contribution in [0.1, 0.15) is 11.8 Å². The van der Waals surface area contributed by atoms with E-state index in [0.29, 0.717) is 19.8 Å². The summed E-state index contributed by atoms with van der Waals surface area (Å²) in [6.07, 6.45) is -0.130. The zero-order chi connectivity index (χ0) is 10.8. The SMILES string of the molecule is c1ccc2c(C3COCCO3)nnnc2c1. The van der Waals surface area contributed by atoms with Crippen LogP contribution in [-0.2, 0) is 9.47 Å². The van der Waals surface area contributed by atoms with Crippen molar-refractivity contribution >= 4 is 10.9 Å². The Kier molecular flexibility index (Phi) is 2.47. The summed E-state index contributed by atoms with van der Waals surface area (Å²) in [4.78, 5) is 0. The lowest BCUT2D eigenvalue weighted by Crippen LogP contribution is -2.23. The summed E-state index contributed by atoms with van der Waals surface area (Å²) >= 11 is 0. The minimum Gasteiger partial charge on any atom is -0.376 e. The molecule has 3 rings (SSSR count). The third kappa shape index (κ3) is 1.64. The van der Waals surface area contributed by atoms with Gasteiger partial charge in [0.25, 0.3) is 0 Å². The Hall–Kier alpha value is -1.59. The molecule has 0 aliphatic carbocycles. The minimum absolute atomic E-state index is 0.130. The second-order valence-corrected chi connectivity index (χ2v) is 3.63. The number of benzene rings is 1. The van der Waals surface area contributed by atoms with Crippen molar-refractivity contribution in [2.45, 2.75) is 6.10 Å². The molecule has 1 fully saturated rings. The van der Waals surface area contributed by atoms with Crippen molar-refractivity contribution in [3.8, 4) is 0 Å². The van der Waals surface area contributed by atoms with Crippen LogP contribution in [0, 0.1) is 0 Å². The molecule has 5 nitrogen and oxygen atoms in total. The third-order valence-corrected chi connectivity index (χ3v) is 2.61. The average molecular weight is 217 g/mol. The molecule has 0 spiro atoms. The van der Waals surface area contributed by atoms with E-state index in [1.165, 1.54) is 0 Å². The molecule has 2 heterocycles.